The van der Waals surface area contributed by atoms with Crippen LogP contribution in [0.25, 0.3) is 0 Å². The van der Waals surface area contributed by atoms with Gasteiger partial charge in [-0.15, -0.1) is 0 Å². The third-order valence-corrected chi connectivity index (χ3v) is 2.82. The molecule has 14 heavy (non-hydrogen) atoms. The molecule has 0 aliphatic carbocycles. The molecule has 1 aliphatic rings. The standard InChI is InChI=1S/C13H16O/c1-11(12-7-3-2-4-8-12)13-9-5-6-10-14-13/h2-8,11,13H,9-10H2,1H3/t11?,13-/m0/s1. The molecule has 0 spiro atoms. The van der Waals surface area contributed by atoms with E-state index in [0.29, 0.717) is 12.0 Å². The smallest absolute Gasteiger partial charge is 0.0679 e. The third kappa shape index (κ3) is 2.05. The zero-order valence-electron chi connectivity index (χ0n) is 8.52. The minimum Gasteiger partial charge on any atom is -0.373 e. The van der Waals surface area contributed by atoms with Crippen molar-refractivity contribution in [3.63, 3.8) is 0 Å². The Morgan fingerprint density at radius 1 is 1.21 bits per heavy atom. The normalized spacial score (nSPS) is 23.4. The first-order chi connectivity index (χ1) is 6.88. The second kappa shape index (κ2) is 4.43. The summed E-state index contributed by atoms with van der Waals surface area (Å²) in [5.74, 6) is 0.487. The Labute approximate surface area is 85.4 Å². The molecule has 0 N–H and O–H groups in total. The van der Waals surface area contributed by atoms with Crippen molar-refractivity contribution in [2.45, 2.75) is 25.4 Å². The zero-order chi connectivity index (χ0) is 9.80. The van der Waals surface area contributed by atoms with Crippen LogP contribution in [0.2, 0.25) is 0 Å². The first-order valence-electron chi connectivity index (χ1n) is 5.19. The maximum atomic E-state index is 5.71. The third-order valence-electron chi connectivity index (χ3n) is 2.82. The molecule has 0 saturated carbocycles. The van der Waals surface area contributed by atoms with Gasteiger partial charge in [-0.25, -0.2) is 0 Å². The van der Waals surface area contributed by atoms with E-state index in [0.717, 1.165) is 13.0 Å². The van der Waals surface area contributed by atoms with Crippen LogP contribution in [0.3, 0.4) is 0 Å². The van der Waals surface area contributed by atoms with Crippen molar-refractivity contribution in [1.29, 1.82) is 0 Å². The molecule has 1 heteroatoms. The lowest BCUT2D eigenvalue weighted by molar-refractivity contribution is 0.0514. The number of hydrogen-bond acceptors (Lipinski definition) is 1. The van der Waals surface area contributed by atoms with Crippen molar-refractivity contribution in [3.05, 3.63) is 48.0 Å². The molecule has 74 valence electrons. The van der Waals surface area contributed by atoms with Crippen LogP contribution < -0.4 is 0 Å². The Morgan fingerprint density at radius 2 is 2.00 bits per heavy atom. The highest BCUT2D eigenvalue weighted by molar-refractivity contribution is 5.20. The predicted molar refractivity (Wildman–Crippen MR) is 58.4 cm³/mol. The lowest BCUT2D eigenvalue weighted by Gasteiger charge is -2.25. The maximum absolute atomic E-state index is 5.71. The van der Waals surface area contributed by atoms with Gasteiger partial charge in [0.15, 0.2) is 0 Å². The molecule has 0 aromatic heterocycles. The second-order valence-electron chi connectivity index (χ2n) is 3.78. The van der Waals surface area contributed by atoms with Gasteiger partial charge in [0.25, 0.3) is 0 Å². The molecule has 1 nitrogen and oxygen atoms in total. The molecule has 0 bridgehead atoms. The Balaban J connectivity index is 2.08. The number of rotatable bonds is 2. The summed E-state index contributed by atoms with van der Waals surface area (Å²) in [7, 11) is 0. The summed E-state index contributed by atoms with van der Waals surface area (Å²) >= 11 is 0. The molecule has 0 saturated heterocycles. The number of hydrogen-bond donors (Lipinski definition) is 0. The molecule has 1 aromatic rings. The van der Waals surface area contributed by atoms with Gasteiger partial charge in [-0.05, 0) is 12.0 Å². The van der Waals surface area contributed by atoms with Crippen LogP contribution in [-0.2, 0) is 4.74 Å². The van der Waals surface area contributed by atoms with Crippen LogP contribution in [0.4, 0.5) is 0 Å². The lowest BCUT2D eigenvalue weighted by Crippen LogP contribution is -2.22. The van der Waals surface area contributed by atoms with Crippen molar-refractivity contribution < 1.29 is 4.74 Å². The first kappa shape index (κ1) is 9.47. The molecule has 2 rings (SSSR count). The molecule has 2 atom stereocenters. The minimum atomic E-state index is 0.349. The van der Waals surface area contributed by atoms with Gasteiger partial charge in [-0.2, -0.15) is 0 Å². The average molecular weight is 188 g/mol. The molecule has 1 aliphatic heterocycles. The van der Waals surface area contributed by atoms with Gasteiger partial charge in [0, 0.05) is 5.92 Å². The second-order valence-corrected chi connectivity index (χ2v) is 3.78. The van der Waals surface area contributed by atoms with Crippen LogP contribution >= 0.6 is 0 Å². The van der Waals surface area contributed by atoms with E-state index >= 15 is 0 Å². The van der Waals surface area contributed by atoms with Gasteiger partial charge < -0.3 is 4.74 Å². The summed E-state index contributed by atoms with van der Waals surface area (Å²) in [5, 5.41) is 0. The molecule has 0 fully saturated rings. The van der Waals surface area contributed by atoms with E-state index in [4.69, 9.17) is 4.74 Å². The minimum absolute atomic E-state index is 0.349. The van der Waals surface area contributed by atoms with Gasteiger partial charge in [-0.3, -0.25) is 0 Å². The van der Waals surface area contributed by atoms with Gasteiger partial charge in [0.2, 0.25) is 0 Å². The van der Waals surface area contributed by atoms with E-state index in [-0.39, 0.29) is 0 Å². The maximum Gasteiger partial charge on any atom is 0.0679 e. The van der Waals surface area contributed by atoms with Crippen LogP contribution in [0.1, 0.15) is 24.8 Å². The van der Waals surface area contributed by atoms with Crippen molar-refractivity contribution in [2.24, 2.45) is 0 Å². The highest BCUT2D eigenvalue weighted by atomic mass is 16.5. The molecular weight excluding hydrogens is 172 g/mol. The van der Waals surface area contributed by atoms with Gasteiger partial charge in [-0.1, -0.05) is 49.4 Å². The Kier molecular flexibility index (Phi) is 3.00. The highest BCUT2D eigenvalue weighted by Gasteiger charge is 2.19. The van der Waals surface area contributed by atoms with Crippen molar-refractivity contribution in [2.75, 3.05) is 6.61 Å². The van der Waals surface area contributed by atoms with E-state index in [1.54, 1.807) is 0 Å². The Hall–Kier alpha value is -1.08. The Morgan fingerprint density at radius 3 is 2.64 bits per heavy atom. The van der Waals surface area contributed by atoms with Gasteiger partial charge >= 0.3 is 0 Å². The van der Waals surface area contributed by atoms with Gasteiger partial charge in [0.1, 0.15) is 0 Å². The van der Waals surface area contributed by atoms with Crippen LogP contribution in [0.15, 0.2) is 42.5 Å². The highest BCUT2D eigenvalue weighted by Crippen LogP contribution is 2.25. The quantitative estimate of drug-likeness (QED) is 0.648. The average Bonchev–Trinajstić information content (AvgIpc) is 2.30. The first-order valence-corrected chi connectivity index (χ1v) is 5.19. The van der Waals surface area contributed by atoms with E-state index in [1.807, 2.05) is 0 Å². The molecule has 0 amide bonds. The topological polar surface area (TPSA) is 9.23 Å². The van der Waals surface area contributed by atoms with Crippen LogP contribution in [0.5, 0.6) is 0 Å². The fraction of sp³-hybridized carbons (Fsp3) is 0.385. The molecule has 0 radical (unpaired) electrons. The summed E-state index contributed by atoms with van der Waals surface area (Å²) in [4.78, 5) is 0. The Bertz CT molecular complexity index is 302. The molecule has 1 aromatic carbocycles. The fourth-order valence-electron chi connectivity index (χ4n) is 1.87. The summed E-state index contributed by atoms with van der Waals surface area (Å²) in [5.41, 5.74) is 1.37. The van der Waals surface area contributed by atoms with Crippen molar-refractivity contribution >= 4 is 0 Å². The summed E-state index contributed by atoms with van der Waals surface area (Å²) < 4.78 is 5.71. The predicted octanol–water partition coefficient (Wildman–Crippen LogP) is 3.14. The van der Waals surface area contributed by atoms with Crippen LogP contribution in [0, 0.1) is 0 Å². The number of benzene rings is 1. The molecule has 1 unspecified atom stereocenters. The zero-order valence-corrected chi connectivity index (χ0v) is 8.52. The lowest BCUT2D eigenvalue weighted by atomic mass is 9.92. The van der Waals surface area contributed by atoms with E-state index in [2.05, 4.69) is 49.4 Å². The summed E-state index contributed by atoms with van der Waals surface area (Å²) in [6.07, 6.45) is 5.69. The van der Waals surface area contributed by atoms with E-state index < -0.39 is 0 Å². The van der Waals surface area contributed by atoms with Crippen LogP contribution in [-0.4, -0.2) is 12.7 Å². The largest absolute Gasteiger partial charge is 0.373 e. The van der Waals surface area contributed by atoms with E-state index in [9.17, 15) is 0 Å². The summed E-state index contributed by atoms with van der Waals surface area (Å²) in [6, 6.07) is 10.6. The van der Waals surface area contributed by atoms with Crippen molar-refractivity contribution in [1.82, 2.24) is 0 Å². The van der Waals surface area contributed by atoms with Crippen molar-refractivity contribution in [3.8, 4) is 0 Å². The van der Waals surface area contributed by atoms with Gasteiger partial charge in [0.05, 0.1) is 12.7 Å². The SMILES string of the molecule is CC(c1ccccc1)[C@@H]1CC=CCO1. The monoisotopic (exact) mass is 188 g/mol. The molecule has 1 heterocycles. The van der Waals surface area contributed by atoms with E-state index in [1.165, 1.54) is 5.56 Å². The fourth-order valence-corrected chi connectivity index (χ4v) is 1.87. The molecular formula is C13H16O. The summed E-state index contributed by atoms with van der Waals surface area (Å²) in [6.45, 7) is 3.00. The number of ether oxygens (including phenoxy) is 1.